The van der Waals surface area contributed by atoms with Gasteiger partial charge in [0.25, 0.3) is 12.2 Å². The molecule has 0 saturated carbocycles. The highest BCUT2D eigenvalue weighted by Crippen LogP contribution is 2.36. The van der Waals surface area contributed by atoms with Crippen LogP contribution in [0.3, 0.4) is 0 Å². The number of hydrogen-bond donors (Lipinski definition) is 0. The summed E-state index contributed by atoms with van der Waals surface area (Å²) in [5.74, 6) is 0. The summed E-state index contributed by atoms with van der Waals surface area (Å²) in [5, 5.41) is 0. The van der Waals surface area contributed by atoms with Crippen LogP contribution in [0.5, 0.6) is 0 Å². The highest BCUT2D eigenvalue weighted by molar-refractivity contribution is 4.76. The summed E-state index contributed by atoms with van der Waals surface area (Å²) in [7, 11) is 0. The van der Waals surface area contributed by atoms with E-state index < -0.39 is 57.3 Å². The van der Waals surface area contributed by atoms with E-state index in [1.54, 1.807) is 0 Å². The summed E-state index contributed by atoms with van der Waals surface area (Å²) in [5.41, 5.74) is 0. The van der Waals surface area contributed by atoms with Crippen LogP contribution in [0.1, 0.15) is 0 Å². The van der Waals surface area contributed by atoms with Crippen LogP contribution >= 0.6 is 0 Å². The Kier molecular flexibility index (Phi) is 8.25. The molecule has 0 aromatic carbocycles. The smallest absolute Gasteiger partial charge is 0.334 e. The number of alkyl halides is 12. The van der Waals surface area contributed by atoms with Gasteiger partial charge < -0.3 is 18.9 Å². The predicted molar refractivity (Wildman–Crippen MR) is 50.7 cm³/mol. The van der Waals surface area contributed by atoms with Gasteiger partial charge in [0.2, 0.25) is 0 Å². The Balaban J connectivity index is 4.19. The van der Waals surface area contributed by atoms with Gasteiger partial charge in [-0.25, -0.2) is 0 Å². The van der Waals surface area contributed by atoms with Gasteiger partial charge in [-0.3, -0.25) is 0 Å². The molecule has 0 heterocycles. The quantitative estimate of drug-likeness (QED) is 0.347. The third-order valence-electron chi connectivity index (χ3n) is 1.99. The second-order valence-corrected chi connectivity index (χ2v) is 4.02. The molecule has 0 aliphatic rings. The summed E-state index contributed by atoms with van der Waals surface area (Å²) in [6, 6.07) is 0. The van der Waals surface area contributed by atoms with E-state index in [4.69, 9.17) is 0 Å². The van der Waals surface area contributed by atoms with Gasteiger partial charge in [-0.05, 0) is 0 Å². The first-order valence-corrected chi connectivity index (χ1v) is 5.63. The van der Waals surface area contributed by atoms with Gasteiger partial charge in [-0.15, -0.1) is 0 Å². The molecule has 0 N–H and O–H groups in total. The molecule has 0 unspecified atom stereocenters. The first-order valence-electron chi connectivity index (χ1n) is 5.63. The number of rotatable bonds is 8. The van der Waals surface area contributed by atoms with Crippen molar-refractivity contribution in [3.05, 3.63) is 0 Å². The molecule has 0 aromatic heterocycles. The standard InChI is InChI=1S/C9H8F12O4/c10-6(11,12)4(7(13,14)15)24-2-22-1-23-3-25-5(8(16,17)18)9(19,20)21/h4-5H,1-3H2. The monoisotopic (exact) mass is 408 g/mol. The minimum Gasteiger partial charge on any atom is -0.334 e. The van der Waals surface area contributed by atoms with Crippen molar-refractivity contribution in [2.24, 2.45) is 0 Å². The fourth-order valence-electron chi connectivity index (χ4n) is 1.11. The minimum absolute atomic E-state index is 1.30. The van der Waals surface area contributed by atoms with Crippen LogP contribution in [-0.4, -0.2) is 57.3 Å². The third kappa shape index (κ3) is 9.31. The summed E-state index contributed by atoms with van der Waals surface area (Å²) in [6.45, 7) is -4.62. The van der Waals surface area contributed by atoms with E-state index in [1.165, 1.54) is 0 Å². The molecule has 0 aliphatic heterocycles. The van der Waals surface area contributed by atoms with E-state index in [0.717, 1.165) is 0 Å². The van der Waals surface area contributed by atoms with Crippen LogP contribution in [-0.2, 0) is 18.9 Å². The fourth-order valence-corrected chi connectivity index (χ4v) is 1.11. The van der Waals surface area contributed by atoms with Crippen molar-refractivity contribution < 1.29 is 71.6 Å². The third-order valence-corrected chi connectivity index (χ3v) is 1.99. The zero-order valence-corrected chi connectivity index (χ0v) is 11.4. The molecule has 4 nitrogen and oxygen atoms in total. The van der Waals surface area contributed by atoms with Gasteiger partial charge in [0.15, 0.2) is 20.4 Å². The van der Waals surface area contributed by atoms with Crippen molar-refractivity contribution in [1.82, 2.24) is 0 Å². The molecule has 0 rings (SSSR count). The zero-order valence-electron chi connectivity index (χ0n) is 11.4. The lowest BCUT2D eigenvalue weighted by Crippen LogP contribution is -2.45. The van der Waals surface area contributed by atoms with Crippen LogP contribution in [0.25, 0.3) is 0 Å². The molecule has 0 amide bonds. The Morgan fingerprint density at radius 2 is 0.680 bits per heavy atom. The molecule has 0 bridgehead atoms. The van der Waals surface area contributed by atoms with E-state index >= 15 is 0 Å². The van der Waals surface area contributed by atoms with E-state index in [2.05, 4.69) is 18.9 Å². The van der Waals surface area contributed by atoms with Crippen LogP contribution in [0.15, 0.2) is 0 Å². The Labute approximate surface area is 130 Å². The number of halogens is 12. The van der Waals surface area contributed by atoms with Gasteiger partial charge in [0.1, 0.15) is 0 Å². The maximum Gasteiger partial charge on any atom is 0.423 e. The first-order chi connectivity index (χ1) is 11.0. The summed E-state index contributed by atoms with van der Waals surface area (Å²) in [4.78, 5) is 0. The van der Waals surface area contributed by atoms with E-state index in [0.29, 0.717) is 0 Å². The van der Waals surface area contributed by atoms with Crippen molar-refractivity contribution in [1.29, 1.82) is 0 Å². The van der Waals surface area contributed by atoms with E-state index in [1.807, 2.05) is 0 Å². The summed E-state index contributed by atoms with van der Waals surface area (Å²) >= 11 is 0. The Morgan fingerprint density at radius 3 is 0.880 bits per heavy atom. The maximum absolute atomic E-state index is 12.0. The van der Waals surface area contributed by atoms with Gasteiger partial charge >= 0.3 is 24.7 Å². The van der Waals surface area contributed by atoms with Gasteiger partial charge in [0.05, 0.1) is 0 Å². The van der Waals surface area contributed by atoms with Crippen molar-refractivity contribution in [2.45, 2.75) is 36.9 Å². The second-order valence-electron chi connectivity index (χ2n) is 4.02. The van der Waals surface area contributed by atoms with Crippen molar-refractivity contribution in [3.8, 4) is 0 Å². The number of hydrogen-bond acceptors (Lipinski definition) is 4. The largest absolute Gasteiger partial charge is 0.423 e. The molecular weight excluding hydrogens is 400 g/mol. The molecule has 25 heavy (non-hydrogen) atoms. The SMILES string of the molecule is FC(F)(F)C(OCOCOCOC(C(F)(F)F)C(F)(F)F)C(F)(F)F. The topological polar surface area (TPSA) is 36.9 Å². The van der Waals surface area contributed by atoms with Gasteiger partial charge in [-0.2, -0.15) is 52.7 Å². The fraction of sp³-hybridized carbons (Fsp3) is 1.00. The Morgan fingerprint density at radius 1 is 0.440 bits per heavy atom. The van der Waals surface area contributed by atoms with Crippen molar-refractivity contribution in [3.63, 3.8) is 0 Å². The Hall–Kier alpha value is -1.00. The number of ether oxygens (including phenoxy) is 4. The molecule has 0 saturated heterocycles. The van der Waals surface area contributed by atoms with Gasteiger partial charge in [0, 0.05) is 0 Å². The molecule has 0 aromatic rings. The average Bonchev–Trinajstić information content (AvgIpc) is 2.30. The molecule has 0 spiro atoms. The second kappa shape index (κ2) is 8.59. The van der Waals surface area contributed by atoms with Crippen molar-refractivity contribution in [2.75, 3.05) is 20.4 Å². The maximum atomic E-state index is 12.0. The lowest BCUT2D eigenvalue weighted by molar-refractivity contribution is -0.347. The molecular formula is C9H8F12O4. The van der Waals surface area contributed by atoms with E-state index in [9.17, 15) is 52.7 Å². The predicted octanol–water partition coefficient (Wildman–Crippen LogP) is 3.91. The first kappa shape index (κ1) is 24.0. The summed E-state index contributed by atoms with van der Waals surface area (Å²) in [6.07, 6.45) is -31.7. The van der Waals surface area contributed by atoms with Crippen LogP contribution in [0, 0.1) is 0 Å². The molecule has 0 aliphatic carbocycles. The molecule has 152 valence electrons. The van der Waals surface area contributed by atoms with Crippen LogP contribution in [0.4, 0.5) is 52.7 Å². The minimum atomic E-state index is -5.82. The summed E-state index contributed by atoms with van der Waals surface area (Å²) < 4.78 is 158. The highest BCUT2D eigenvalue weighted by atomic mass is 19.4. The normalized spacial score (nSPS) is 14.6. The van der Waals surface area contributed by atoms with Crippen molar-refractivity contribution >= 4 is 0 Å². The lowest BCUT2D eigenvalue weighted by Gasteiger charge is -2.23. The average molecular weight is 408 g/mol. The highest BCUT2D eigenvalue weighted by Gasteiger charge is 2.59. The van der Waals surface area contributed by atoms with Gasteiger partial charge in [-0.1, -0.05) is 0 Å². The Bertz CT molecular complexity index is 320. The lowest BCUT2D eigenvalue weighted by atomic mass is 10.3. The molecule has 16 heteroatoms. The molecule has 0 radical (unpaired) electrons. The van der Waals surface area contributed by atoms with E-state index in [-0.39, 0.29) is 0 Å². The zero-order chi connectivity index (χ0) is 20.1. The van der Waals surface area contributed by atoms with Crippen LogP contribution < -0.4 is 0 Å². The molecule has 0 fully saturated rings. The molecule has 0 atom stereocenters. The van der Waals surface area contributed by atoms with Crippen LogP contribution in [0.2, 0.25) is 0 Å².